The first-order valence-corrected chi connectivity index (χ1v) is 15.7. The second kappa shape index (κ2) is 9.39. The van der Waals surface area contributed by atoms with E-state index in [4.69, 9.17) is 0 Å². The first kappa shape index (κ1) is 19.3. The molecular formula is C17H35HfN3. The monoisotopic (exact) mass is 461 g/mol. The summed E-state index contributed by atoms with van der Waals surface area (Å²) in [5.41, 5.74) is 0. The Morgan fingerprint density at radius 2 is 0.905 bits per heavy atom. The van der Waals surface area contributed by atoms with Crippen molar-refractivity contribution in [1.29, 1.82) is 0 Å². The molecule has 122 valence electrons. The van der Waals surface area contributed by atoms with E-state index in [9.17, 15) is 0 Å². The zero-order chi connectivity index (χ0) is 15.9. The van der Waals surface area contributed by atoms with Crippen LogP contribution in [0.3, 0.4) is 0 Å². The van der Waals surface area contributed by atoms with Gasteiger partial charge in [0.05, 0.1) is 0 Å². The molecule has 1 aliphatic carbocycles. The molecule has 0 aromatic carbocycles. The molecule has 0 aliphatic heterocycles. The molecule has 0 aromatic heterocycles. The van der Waals surface area contributed by atoms with Crippen LogP contribution in [0.1, 0.15) is 41.5 Å². The molecule has 0 N–H and O–H groups in total. The van der Waals surface area contributed by atoms with Crippen molar-refractivity contribution in [2.75, 3.05) is 39.3 Å². The van der Waals surface area contributed by atoms with Gasteiger partial charge < -0.3 is 0 Å². The van der Waals surface area contributed by atoms with E-state index in [1.807, 2.05) is 0 Å². The summed E-state index contributed by atoms with van der Waals surface area (Å²) in [6.07, 6.45) is 9.46. The minimum absolute atomic E-state index is 0.650. The minimum atomic E-state index is -3.05. The molecule has 0 fully saturated rings. The van der Waals surface area contributed by atoms with Gasteiger partial charge in [-0.3, -0.25) is 0 Å². The van der Waals surface area contributed by atoms with Crippen LogP contribution in [0.5, 0.6) is 0 Å². The van der Waals surface area contributed by atoms with Crippen LogP contribution in [-0.4, -0.2) is 47.9 Å². The van der Waals surface area contributed by atoms with Gasteiger partial charge in [0.25, 0.3) is 0 Å². The Hall–Kier alpha value is 0.230. The van der Waals surface area contributed by atoms with E-state index < -0.39 is 20.8 Å². The average Bonchev–Trinajstić information content (AvgIpc) is 3.04. The Kier molecular flexibility index (Phi) is 8.62. The van der Waals surface area contributed by atoms with Crippen LogP contribution in [0.4, 0.5) is 0 Å². The molecule has 0 atom stereocenters. The Balaban J connectivity index is 3.44. The van der Waals surface area contributed by atoms with Gasteiger partial charge in [0, 0.05) is 0 Å². The average molecular weight is 460 g/mol. The van der Waals surface area contributed by atoms with Gasteiger partial charge in [-0.15, -0.1) is 0 Å². The third kappa shape index (κ3) is 3.60. The van der Waals surface area contributed by atoms with Crippen LogP contribution in [-0.2, 0) is 20.8 Å². The van der Waals surface area contributed by atoms with Crippen LogP contribution < -0.4 is 0 Å². The summed E-state index contributed by atoms with van der Waals surface area (Å²) in [5, 5.41) is 0. The van der Waals surface area contributed by atoms with E-state index in [-0.39, 0.29) is 0 Å². The normalized spacial score (nSPS) is 16.0. The number of hydrogen-bond acceptors (Lipinski definition) is 3. The molecule has 0 radical (unpaired) electrons. The third-order valence-electron chi connectivity index (χ3n) is 4.88. The Bertz CT molecular complexity index is 299. The first-order chi connectivity index (χ1) is 10.2. The molecule has 21 heavy (non-hydrogen) atoms. The van der Waals surface area contributed by atoms with Crippen LogP contribution in [0.2, 0.25) is 3.67 Å². The summed E-state index contributed by atoms with van der Waals surface area (Å²) in [7, 11) is 0. The van der Waals surface area contributed by atoms with Crippen LogP contribution >= 0.6 is 0 Å². The fourth-order valence-corrected chi connectivity index (χ4v) is 25.5. The molecule has 0 saturated heterocycles. The van der Waals surface area contributed by atoms with E-state index in [1.54, 1.807) is 0 Å². The van der Waals surface area contributed by atoms with Crippen LogP contribution in [0, 0.1) is 0 Å². The Labute approximate surface area is 138 Å². The van der Waals surface area contributed by atoms with E-state index in [1.165, 1.54) is 39.3 Å². The second-order valence-corrected chi connectivity index (χ2v) is 19.6. The van der Waals surface area contributed by atoms with Crippen LogP contribution in [0.15, 0.2) is 24.3 Å². The van der Waals surface area contributed by atoms with Gasteiger partial charge in [0.2, 0.25) is 0 Å². The molecule has 1 rings (SSSR count). The summed E-state index contributed by atoms with van der Waals surface area (Å²) in [4.78, 5) is 0. The SMILES string of the molecule is CC[N](CC)[Hf]([CH]1C=CC=C1)([N](CC)CC)[N](CC)CC. The van der Waals surface area contributed by atoms with Crippen molar-refractivity contribution in [3.8, 4) is 0 Å². The number of allylic oxidation sites excluding steroid dienone is 4. The summed E-state index contributed by atoms with van der Waals surface area (Å²) in [5.74, 6) is 0. The maximum absolute atomic E-state index is 3.05. The third-order valence-corrected chi connectivity index (χ3v) is 26.3. The van der Waals surface area contributed by atoms with Gasteiger partial charge in [-0.1, -0.05) is 0 Å². The summed E-state index contributed by atoms with van der Waals surface area (Å²) in [6, 6.07) is 0. The summed E-state index contributed by atoms with van der Waals surface area (Å²) in [6.45, 7) is 21.1. The van der Waals surface area contributed by atoms with Crippen molar-refractivity contribution in [1.82, 2.24) is 8.66 Å². The maximum atomic E-state index is 2.86. The molecule has 4 heteroatoms. The van der Waals surface area contributed by atoms with Gasteiger partial charge in [0.1, 0.15) is 0 Å². The molecule has 0 bridgehead atoms. The predicted octanol–water partition coefficient (Wildman–Crippen LogP) is 3.83. The second-order valence-electron chi connectivity index (χ2n) is 5.50. The number of hydrogen-bond donors (Lipinski definition) is 0. The summed E-state index contributed by atoms with van der Waals surface area (Å²) >= 11 is -3.05. The van der Waals surface area contributed by atoms with Crippen molar-refractivity contribution in [2.24, 2.45) is 0 Å². The molecule has 0 saturated carbocycles. The van der Waals surface area contributed by atoms with Gasteiger partial charge in [-0.2, -0.15) is 0 Å². The first-order valence-electron chi connectivity index (χ1n) is 8.77. The van der Waals surface area contributed by atoms with E-state index >= 15 is 0 Å². The van der Waals surface area contributed by atoms with Gasteiger partial charge >= 0.3 is 138 Å². The van der Waals surface area contributed by atoms with Gasteiger partial charge in [0.15, 0.2) is 0 Å². The van der Waals surface area contributed by atoms with E-state index in [0.717, 1.165) is 0 Å². The molecule has 0 amide bonds. The molecule has 1 aliphatic rings. The van der Waals surface area contributed by atoms with Crippen molar-refractivity contribution in [3.63, 3.8) is 0 Å². The standard InChI is InChI=1S/C5H5.3C4H10N.Hf/c1-2-4-5-3-1;3*1-3-5-4-2;/h1-5H;3*3-4H2,1-2H3;/q;3*-1;+3. The molecule has 0 spiro atoms. The quantitative estimate of drug-likeness (QED) is 0.460. The molecule has 0 heterocycles. The predicted molar refractivity (Wildman–Crippen MR) is 90.8 cm³/mol. The van der Waals surface area contributed by atoms with E-state index in [0.29, 0.717) is 3.67 Å². The molecular weight excluding hydrogens is 425 g/mol. The van der Waals surface area contributed by atoms with Gasteiger partial charge in [-0.25, -0.2) is 0 Å². The fraction of sp³-hybridized carbons (Fsp3) is 0.765. The Morgan fingerprint density at radius 1 is 0.619 bits per heavy atom. The fourth-order valence-electron chi connectivity index (χ4n) is 3.99. The van der Waals surface area contributed by atoms with Crippen LogP contribution in [0.25, 0.3) is 0 Å². The zero-order valence-electron chi connectivity index (χ0n) is 15.0. The van der Waals surface area contributed by atoms with Gasteiger partial charge in [-0.05, 0) is 0 Å². The van der Waals surface area contributed by atoms with Crippen molar-refractivity contribution >= 4 is 0 Å². The number of rotatable bonds is 10. The van der Waals surface area contributed by atoms with E-state index in [2.05, 4.69) is 74.5 Å². The molecule has 0 unspecified atom stereocenters. The topological polar surface area (TPSA) is 9.72 Å². The zero-order valence-corrected chi connectivity index (χ0v) is 18.6. The number of nitrogens with zero attached hydrogens (tertiary/aromatic N) is 3. The molecule has 0 aromatic rings. The summed E-state index contributed by atoms with van der Waals surface area (Å²) < 4.78 is 9.23. The van der Waals surface area contributed by atoms with Crippen molar-refractivity contribution in [2.45, 2.75) is 45.2 Å². The van der Waals surface area contributed by atoms with Crippen molar-refractivity contribution < 1.29 is 20.8 Å². The Morgan fingerprint density at radius 3 is 1.14 bits per heavy atom. The van der Waals surface area contributed by atoms with Crippen molar-refractivity contribution in [3.05, 3.63) is 24.3 Å². The molecule has 3 nitrogen and oxygen atoms in total.